The summed E-state index contributed by atoms with van der Waals surface area (Å²) in [5, 5.41) is 8.37. The Morgan fingerprint density at radius 1 is 1.50 bits per heavy atom. The van der Waals surface area contributed by atoms with E-state index in [2.05, 4.69) is 15.4 Å². The Kier molecular flexibility index (Phi) is 3.33. The Labute approximate surface area is 122 Å². The lowest BCUT2D eigenvalue weighted by Gasteiger charge is -2.23. The standard InChI is InChI=1S/C14H18N4OS/c1-8-13(20-9(2)16-8)14(19)17-11-5-4-6-12-10(11)7-15-18(12)3/h7,11H,4-6H2,1-3H3,(H,17,19)/t11-/m1/s1. The van der Waals surface area contributed by atoms with E-state index in [4.69, 9.17) is 0 Å². The Bertz CT molecular complexity index is 658. The van der Waals surface area contributed by atoms with Crippen LogP contribution in [0.15, 0.2) is 6.20 Å². The fourth-order valence-electron chi connectivity index (χ4n) is 2.82. The molecule has 0 fully saturated rings. The average Bonchev–Trinajstić information content (AvgIpc) is 2.94. The number of rotatable bonds is 2. The van der Waals surface area contributed by atoms with Crippen molar-refractivity contribution in [3.8, 4) is 0 Å². The molecule has 2 heterocycles. The molecule has 2 aromatic rings. The van der Waals surface area contributed by atoms with Crippen LogP contribution in [-0.4, -0.2) is 20.7 Å². The van der Waals surface area contributed by atoms with Crippen molar-refractivity contribution < 1.29 is 4.79 Å². The number of carbonyl (C=O) groups excluding carboxylic acids is 1. The SMILES string of the molecule is Cc1nc(C)c(C(=O)N[C@@H]2CCCc3c2cnn3C)s1. The highest BCUT2D eigenvalue weighted by Crippen LogP contribution is 2.30. The number of fused-ring (bicyclic) bond motifs is 1. The highest BCUT2D eigenvalue weighted by molar-refractivity contribution is 7.13. The van der Waals surface area contributed by atoms with Gasteiger partial charge in [0.25, 0.3) is 5.91 Å². The summed E-state index contributed by atoms with van der Waals surface area (Å²) in [5.41, 5.74) is 3.21. The lowest BCUT2D eigenvalue weighted by atomic mass is 9.93. The maximum Gasteiger partial charge on any atom is 0.263 e. The van der Waals surface area contributed by atoms with Crippen LogP contribution in [0.2, 0.25) is 0 Å². The minimum atomic E-state index is -0.0187. The Hall–Kier alpha value is -1.69. The fraction of sp³-hybridized carbons (Fsp3) is 0.500. The molecule has 1 aliphatic rings. The quantitative estimate of drug-likeness (QED) is 0.923. The number of amides is 1. The molecule has 20 heavy (non-hydrogen) atoms. The van der Waals surface area contributed by atoms with E-state index < -0.39 is 0 Å². The summed E-state index contributed by atoms with van der Waals surface area (Å²) >= 11 is 1.45. The molecule has 0 spiro atoms. The van der Waals surface area contributed by atoms with Crippen LogP contribution in [0.5, 0.6) is 0 Å². The van der Waals surface area contributed by atoms with E-state index in [-0.39, 0.29) is 11.9 Å². The first-order valence-corrected chi connectivity index (χ1v) is 7.63. The summed E-state index contributed by atoms with van der Waals surface area (Å²) in [5.74, 6) is -0.0187. The van der Waals surface area contributed by atoms with Crippen molar-refractivity contribution in [3.63, 3.8) is 0 Å². The molecule has 1 N–H and O–H groups in total. The van der Waals surface area contributed by atoms with Crippen LogP contribution in [-0.2, 0) is 13.5 Å². The van der Waals surface area contributed by atoms with Crippen LogP contribution in [0.4, 0.5) is 0 Å². The molecule has 2 aromatic heterocycles. The van der Waals surface area contributed by atoms with Gasteiger partial charge in [-0.1, -0.05) is 0 Å². The molecular formula is C14H18N4OS. The second-order valence-corrected chi connectivity index (χ2v) is 6.44. The zero-order valence-corrected chi connectivity index (χ0v) is 12.8. The van der Waals surface area contributed by atoms with Crippen molar-refractivity contribution in [1.29, 1.82) is 0 Å². The lowest BCUT2D eigenvalue weighted by Crippen LogP contribution is -2.30. The van der Waals surface area contributed by atoms with Crippen molar-refractivity contribution in [3.05, 3.63) is 33.0 Å². The van der Waals surface area contributed by atoms with E-state index in [1.54, 1.807) is 0 Å². The molecule has 0 aliphatic heterocycles. The van der Waals surface area contributed by atoms with Crippen molar-refractivity contribution in [1.82, 2.24) is 20.1 Å². The van der Waals surface area contributed by atoms with Gasteiger partial charge in [0.2, 0.25) is 0 Å². The second kappa shape index (κ2) is 5.01. The largest absolute Gasteiger partial charge is 0.344 e. The number of carbonyl (C=O) groups is 1. The number of thiazole rings is 1. The first kappa shape index (κ1) is 13.3. The second-order valence-electron chi connectivity index (χ2n) is 5.24. The molecule has 3 rings (SSSR count). The molecule has 1 aliphatic carbocycles. The van der Waals surface area contributed by atoms with Gasteiger partial charge in [0.15, 0.2) is 0 Å². The predicted molar refractivity (Wildman–Crippen MR) is 77.9 cm³/mol. The molecule has 0 saturated carbocycles. The van der Waals surface area contributed by atoms with Gasteiger partial charge in [0.1, 0.15) is 4.88 Å². The summed E-state index contributed by atoms with van der Waals surface area (Å²) < 4.78 is 1.91. The number of hydrogen-bond donors (Lipinski definition) is 1. The minimum Gasteiger partial charge on any atom is -0.344 e. The normalized spacial score (nSPS) is 17.9. The molecular weight excluding hydrogens is 272 g/mol. The molecule has 1 atom stereocenters. The van der Waals surface area contributed by atoms with Crippen molar-refractivity contribution in [2.75, 3.05) is 0 Å². The summed E-state index contributed by atoms with van der Waals surface area (Å²) in [6.45, 7) is 3.81. The molecule has 0 aromatic carbocycles. The third-order valence-corrected chi connectivity index (χ3v) is 4.86. The van der Waals surface area contributed by atoms with E-state index in [0.29, 0.717) is 0 Å². The maximum absolute atomic E-state index is 12.4. The van der Waals surface area contributed by atoms with Gasteiger partial charge in [-0.15, -0.1) is 11.3 Å². The van der Waals surface area contributed by atoms with Gasteiger partial charge in [-0.25, -0.2) is 4.98 Å². The lowest BCUT2D eigenvalue weighted by molar-refractivity contribution is 0.0936. The molecule has 0 radical (unpaired) electrons. The molecule has 1 amide bonds. The Balaban J connectivity index is 1.82. The summed E-state index contributed by atoms with van der Waals surface area (Å²) in [6.07, 6.45) is 4.97. The van der Waals surface area contributed by atoms with E-state index in [0.717, 1.165) is 40.4 Å². The Morgan fingerprint density at radius 3 is 3.00 bits per heavy atom. The summed E-state index contributed by atoms with van der Waals surface area (Å²) in [7, 11) is 1.96. The number of nitrogens with one attached hydrogen (secondary N) is 1. The number of hydrogen-bond acceptors (Lipinski definition) is 4. The van der Waals surface area contributed by atoms with Gasteiger partial charge in [0.05, 0.1) is 22.9 Å². The van der Waals surface area contributed by atoms with Crippen LogP contribution in [0.3, 0.4) is 0 Å². The maximum atomic E-state index is 12.4. The van der Waals surface area contributed by atoms with E-state index in [9.17, 15) is 4.79 Å². The first-order valence-electron chi connectivity index (χ1n) is 6.82. The van der Waals surface area contributed by atoms with Gasteiger partial charge in [-0.3, -0.25) is 9.48 Å². The van der Waals surface area contributed by atoms with Crippen LogP contribution in [0, 0.1) is 13.8 Å². The topological polar surface area (TPSA) is 59.8 Å². The van der Waals surface area contributed by atoms with E-state index >= 15 is 0 Å². The third kappa shape index (κ3) is 2.24. The smallest absolute Gasteiger partial charge is 0.263 e. The van der Waals surface area contributed by atoms with Gasteiger partial charge >= 0.3 is 0 Å². The minimum absolute atomic E-state index is 0.0187. The molecule has 0 saturated heterocycles. The number of aromatic nitrogens is 3. The van der Waals surface area contributed by atoms with Gasteiger partial charge in [-0.2, -0.15) is 5.10 Å². The van der Waals surface area contributed by atoms with Gasteiger partial charge in [-0.05, 0) is 33.1 Å². The van der Waals surface area contributed by atoms with Crippen LogP contribution >= 0.6 is 11.3 Å². The Morgan fingerprint density at radius 2 is 2.30 bits per heavy atom. The highest BCUT2D eigenvalue weighted by Gasteiger charge is 2.26. The van der Waals surface area contributed by atoms with Crippen molar-refractivity contribution in [2.24, 2.45) is 7.05 Å². The van der Waals surface area contributed by atoms with Crippen LogP contribution in [0.1, 0.15) is 50.5 Å². The molecule has 0 bridgehead atoms. The zero-order valence-electron chi connectivity index (χ0n) is 11.9. The van der Waals surface area contributed by atoms with Gasteiger partial charge < -0.3 is 5.32 Å². The molecule has 106 valence electrons. The monoisotopic (exact) mass is 290 g/mol. The van der Waals surface area contributed by atoms with Crippen molar-refractivity contribution in [2.45, 2.75) is 39.2 Å². The number of aryl methyl sites for hydroxylation is 3. The highest BCUT2D eigenvalue weighted by atomic mass is 32.1. The fourth-order valence-corrected chi connectivity index (χ4v) is 3.64. The predicted octanol–water partition coefficient (Wildman–Crippen LogP) is 2.30. The van der Waals surface area contributed by atoms with Crippen LogP contribution < -0.4 is 5.32 Å². The third-order valence-electron chi connectivity index (χ3n) is 3.79. The average molecular weight is 290 g/mol. The van der Waals surface area contributed by atoms with E-state index in [1.165, 1.54) is 17.0 Å². The molecule has 0 unspecified atom stereocenters. The zero-order chi connectivity index (χ0) is 14.3. The first-order chi connectivity index (χ1) is 9.56. The van der Waals surface area contributed by atoms with Gasteiger partial charge in [0, 0.05) is 18.3 Å². The van der Waals surface area contributed by atoms with Crippen molar-refractivity contribution >= 4 is 17.2 Å². The molecule has 6 heteroatoms. The van der Waals surface area contributed by atoms with Crippen LogP contribution in [0.25, 0.3) is 0 Å². The number of nitrogens with zero attached hydrogens (tertiary/aromatic N) is 3. The van der Waals surface area contributed by atoms with E-state index in [1.807, 2.05) is 31.8 Å². The summed E-state index contributed by atoms with van der Waals surface area (Å²) in [6, 6.07) is 0.0711. The molecule has 5 nitrogen and oxygen atoms in total. The summed E-state index contributed by atoms with van der Waals surface area (Å²) in [4.78, 5) is 17.4.